The van der Waals surface area contributed by atoms with E-state index in [9.17, 15) is 0 Å². The summed E-state index contributed by atoms with van der Waals surface area (Å²) in [5.74, 6) is 0. The van der Waals surface area contributed by atoms with Gasteiger partial charge in [0.05, 0.1) is 5.52 Å². The summed E-state index contributed by atoms with van der Waals surface area (Å²) in [6.07, 6.45) is 5.24. The van der Waals surface area contributed by atoms with Gasteiger partial charge in [-0.25, -0.2) is 4.68 Å². The van der Waals surface area contributed by atoms with Crippen molar-refractivity contribution in [3.8, 4) is 0 Å². The Bertz CT molecular complexity index is 994. The Morgan fingerprint density at radius 1 is 0.846 bits per heavy atom. The zero-order valence-electron chi connectivity index (χ0n) is 14.3. The van der Waals surface area contributed by atoms with Crippen LogP contribution in [0.1, 0.15) is 17.4 Å². The molecule has 0 amide bonds. The maximum atomic E-state index is 4.43. The minimum Gasteiger partial charge on any atom is -0.231 e. The Kier molecular flexibility index (Phi) is 5.12. The SMILES string of the molecule is C(=C\c1ccccc1)/CC(Sc1ccccc1)n1nnc2ccccc21. The summed E-state index contributed by atoms with van der Waals surface area (Å²) in [4.78, 5) is 1.23. The van der Waals surface area contributed by atoms with Crippen LogP contribution in [0.15, 0.2) is 95.9 Å². The van der Waals surface area contributed by atoms with Crippen LogP contribution in [0.3, 0.4) is 0 Å². The first-order valence-corrected chi connectivity index (χ1v) is 9.51. The number of nitrogens with zero attached hydrogens (tertiary/aromatic N) is 3. The number of benzene rings is 3. The van der Waals surface area contributed by atoms with E-state index in [1.54, 1.807) is 11.8 Å². The molecule has 0 spiro atoms. The van der Waals surface area contributed by atoms with E-state index in [4.69, 9.17) is 0 Å². The van der Waals surface area contributed by atoms with Crippen LogP contribution in [-0.4, -0.2) is 15.0 Å². The molecule has 0 aliphatic heterocycles. The van der Waals surface area contributed by atoms with Crippen LogP contribution in [-0.2, 0) is 0 Å². The second kappa shape index (κ2) is 8.02. The van der Waals surface area contributed by atoms with Crippen LogP contribution in [0, 0.1) is 0 Å². The number of hydrogen-bond donors (Lipinski definition) is 0. The first-order valence-electron chi connectivity index (χ1n) is 8.63. The van der Waals surface area contributed by atoms with Crippen molar-refractivity contribution in [3.63, 3.8) is 0 Å². The van der Waals surface area contributed by atoms with Gasteiger partial charge in [0, 0.05) is 4.90 Å². The van der Waals surface area contributed by atoms with Crippen molar-refractivity contribution in [3.05, 3.63) is 96.6 Å². The fourth-order valence-corrected chi connectivity index (χ4v) is 3.93. The van der Waals surface area contributed by atoms with E-state index in [0.29, 0.717) is 0 Å². The van der Waals surface area contributed by atoms with E-state index in [2.05, 4.69) is 77.1 Å². The second-order valence-corrected chi connectivity index (χ2v) is 7.21. The normalized spacial score (nSPS) is 12.6. The predicted molar refractivity (Wildman–Crippen MR) is 109 cm³/mol. The molecule has 1 unspecified atom stereocenters. The average Bonchev–Trinajstić information content (AvgIpc) is 3.13. The lowest BCUT2D eigenvalue weighted by molar-refractivity contribution is 0.599. The molecule has 4 heteroatoms. The van der Waals surface area contributed by atoms with Gasteiger partial charge in [-0.1, -0.05) is 89.8 Å². The van der Waals surface area contributed by atoms with Crippen molar-refractivity contribution in [2.24, 2.45) is 0 Å². The third-order valence-corrected chi connectivity index (χ3v) is 5.32. The molecule has 0 N–H and O–H groups in total. The Balaban J connectivity index is 1.62. The lowest BCUT2D eigenvalue weighted by Crippen LogP contribution is -2.06. The number of fused-ring (bicyclic) bond motifs is 1. The molecule has 0 radical (unpaired) electrons. The van der Waals surface area contributed by atoms with Crippen LogP contribution in [0.25, 0.3) is 17.1 Å². The van der Waals surface area contributed by atoms with Crippen molar-refractivity contribution in [1.29, 1.82) is 0 Å². The van der Waals surface area contributed by atoms with Gasteiger partial charge in [-0.05, 0) is 36.2 Å². The highest BCUT2D eigenvalue weighted by atomic mass is 32.2. The van der Waals surface area contributed by atoms with E-state index in [-0.39, 0.29) is 5.37 Å². The first-order chi connectivity index (χ1) is 12.9. The lowest BCUT2D eigenvalue weighted by atomic mass is 10.2. The Morgan fingerprint density at radius 3 is 2.35 bits per heavy atom. The molecule has 128 valence electrons. The molecular weight excluding hydrogens is 338 g/mol. The van der Waals surface area contributed by atoms with Crippen molar-refractivity contribution in [2.75, 3.05) is 0 Å². The number of thioether (sulfide) groups is 1. The standard InChI is InChI=1S/C22H19N3S/c1-3-10-18(11-4-1)12-9-17-22(26-19-13-5-2-6-14-19)25-21-16-8-7-15-20(21)23-24-25/h1-16,22H,17H2/b12-9+. The highest BCUT2D eigenvalue weighted by molar-refractivity contribution is 7.99. The molecule has 1 heterocycles. The van der Waals surface area contributed by atoms with Crippen molar-refractivity contribution >= 4 is 28.9 Å². The van der Waals surface area contributed by atoms with E-state index >= 15 is 0 Å². The largest absolute Gasteiger partial charge is 0.231 e. The third kappa shape index (κ3) is 3.86. The number of para-hydroxylation sites is 1. The van der Waals surface area contributed by atoms with Crippen LogP contribution in [0.4, 0.5) is 0 Å². The zero-order valence-corrected chi connectivity index (χ0v) is 15.1. The number of rotatable bonds is 6. The summed E-state index contributed by atoms with van der Waals surface area (Å²) in [7, 11) is 0. The summed E-state index contributed by atoms with van der Waals surface area (Å²) in [5.41, 5.74) is 3.20. The van der Waals surface area contributed by atoms with E-state index < -0.39 is 0 Å². The molecule has 4 rings (SSSR count). The van der Waals surface area contributed by atoms with Crippen molar-refractivity contribution < 1.29 is 0 Å². The van der Waals surface area contributed by atoms with Crippen molar-refractivity contribution in [1.82, 2.24) is 15.0 Å². The summed E-state index contributed by atoms with van der Waals surface area (Å²) in [6, 6.07) is 28.9. The van der Waals surface area contributed by atoms with Crippen LogP contribution < -0.4 is 0 Å². The molecule has 0 saturated heterocycles. The molecule has 0 fully saturated rings. The molecule has 0 aliphatic carbocycles. The van der Waals surface area contributed by atoms with Crippen LogP contribution >= 0.6 is 11.8 Å². The summed E-state index contributed by atoms with van der Waals surface area (Å²) >= 11 is 1.81. The Labute approximate surface area is 157 Å². The first kappa shape index (κ1) is 16.6. The van der Waals surface area contributed by atoms with Crippen molar-refractivity contribution in [2.45, 2.75) is 16.7 Å². The van der Waals surface area contributed by atoms with Gasteiger partial charge in [0.25, 0.3) is 0 Å². The molecule has 4 aromatic rings. The molecule has 0 bridgehead atoms. The van der Waals surface area contributed by atoms with Gasteiger partial charge in [0.1, 0.15) is 10.9 Å². The van der Waals surface area contributed by atoms with Gasteiger partial charge in [0.15, 0.2) is 0 Å². The quantitative estimate of drug-likeness (QED) is 0.407. The summed E-state index contributed by atoms with van der Waals surface area (Å²) in [5, 5.41) is 8.90. The third-order valence-electron chi connectivity index (χ3n) is 4.11. The molecule has 0 aliphatic rings. The van der Waals surface area contributed by atoms with Crippen LogP contribution in [0.2, 0.25) is 0 Å². The van der Waals surface area contributed by atoms with Gasteiger partial charge < -0.3 is 0 Å². The maximum absolute atomic E-state index is 4.43. The van der Waals surface area contributed by atoms with Gasteiger partial charge in [-0.2, -0.15) is 0 Å². The van der Waals surface area contributed by atoms with Gasteiger partial charge in [-0.3, -0.25) is 0 Å². The minimum atomic E-state index is 0.143. The topological polar surface area (TPSA) is 30.7 Å². The molecule has 0 saturated carbocycles. The van der Waals surface area contributed by atoms with Gasteiger partial charge >= 0.3 is 0 Å². The summed E-state index contributed by atoms with van der Waals surface area (Å²) in [6.45, 7) is 0. The highest BCUT2D eigenvalue weighted by Crippen LogP contribution is 2.35. The van der Waals surface area contributed by atoms with E-state index in [1.807, 2.05) is 35.0 Å². The molecule has 1 atom stereocenters. The number of aromatic nitrogens is 3. The fourth-order valence-electron chi connectivity index (χ4n) is 2.84. The smallest absolute Gasteiger partial charge is 0.113 e. The Morgan fingerprint density at radius 2 is 1.54 bits per heavy atom. The van der Waals surface area contributed by atoms with E-state index in [0.717, 1.165) is 17.5 Å². The molecule has 3 nitrogen and oxygen atoms in total. The molecular formula is C22H19N3S. The zero-order chi connectivity index (χ0) is 17.6. The minimum absolute atomic E-state index is 0.143. The van der Waals surface area contributed by atoms with E-state index in [1.165, 1.54) is 10.5 Å². The van der Waals surface area contributed by atoms with Gasteiger partial charge in [-0.15, -0.1) is 5.10 Å². The second-order valence-electron chi connectivity index (χ2n) is 5.96. The number of allylic oxidation sites excluding steroid dienone is 1. The Hall–Kier alpha value is -2.85. The predicted octanol–water partition coefficient (Wildman–Crippen LogP) is 5.83. The molecule has 1 aromatic heterocycles. The number of hydrogen-bond acceptors (Lipinski definition) is 3. The lowest BCUT2D eigenvalue weighted by Gasteiger charge is -2.16. The molecule has 3 aromatic carbocycles. The highest BCUT2D eigenvalue weighted by Gasteiger charge is 2.16. The molecule has 26 heavy (non-hydrogen) atoms. The van der Waals surface area contributed by atoms with Crippen LogP contribution in [0.5, 0.6) is 0 Å². The average molecular weight is 357 g/mol. The van der Waals surface area contributed by atoms with Gasteiger partial charge in [0.2, 0.25) is 0 Å². The fraction of sp³-hybridized carbons (Fsp3) is 0.0909. The summed E-state index contributed by atoms with van der Waals surface area (Å²) < 4.78 is 2.03. The maximum Gasteiger partial charge on any atom is 0.113 e. The monoisotopic (exact) mass is 357 g/mol.